The van der Waals surface area contributed by atoms with Crippen LogP contribution in [0, 0.1) is 0 Å². The van der Waals surface area contributed by atoms with E-state index in [1.807, 2.05) is 0 Å². The summed E-state index contributed by atoms with van der Waals surface area (Å²) in [7, 11) is 0. The highest BCUT2D eigenvalue weighted by Gasteiger charge is 2.15. The lowest BCUT2D eigenvalue weighted by atomic mass is 10.5. The molecular weight excluding hydrogens is 204 g/mol. The largest absolute Gasteiger partial charge is 0.292 e. The molecule has 0 N–H and O–H groups in total. The maximum absolute atomic E-state index is 11.8. The molecule has 0 bridgehead atoms. The Morgan fingerprint density at radius 3 is 1.89 bits per heavy atom. The minimum atomic E-state index is -3.34. The van der Waals surface area contributed by atoms with Crippen LogP contribution in [0.15, 0.2) is 11.7 Å². The van der Waals surface area contributed by atoms with Crippen LogP contribution in [-0.4, -0.2) is 11.8 Å². The van der Waals surface area contributed by atoms with Gasteiger partial charge in [-0.15, -0.1) is 0 Å². The lowest BCUT2D eigenvalue weighted by molar-refractivity contribution is 0.153. The van der Waals surface area contributed by atoms with Crippen LogP contribution in [-0.2, 0) is 0 Å². The SMILES string of the molecule is FC(CBr)=C(F)C(F)F. The number of hydrogen-bond donors (Lipinski definition) is 0. The summed E-state index contributed by atoms with van der Waals surface area (Å²) in [5, 5.41) is -0.511. The van der Waals surface area contributed by atoms with Gasteiger partial charge in [0.1, 0.15) is 5.83 Å². The normalized spacial score (nSPS) is 14.0. The van der Waals surface area contributed by atoms with Gasteiger partial charge in [-0.3, -0.25) is 0 Å². The smallest absolute Gasteiger partial charge is 0.208 e. The van der Waals surface area contributed by atoms with Crippen LogP contribution in [0.5, 0.6) is 0 Å². The summed E-state index contributed by atoms with van der Waals surface area (Å²) >= 11 is 2.48. The first-order valence-corrected chi connectivity index (χ1v) is 3.10. The first-order chi connectivity index (χ1) is 4.09. The van der Waals surface area contributed by atoms with Gasteiger partial charge in [0.05, 0.1) is 5.33 Å². The summed E-state index contributed by atoms with van der Waals surface area (Å²) in [6.45, 7) is 0. The highest BCUT2D eigenvalue weighted by Crippen LogP contribution is 2.17. The summed E-state index contributed by atoms with van der Waals surface area (Å²) in [4.78, 5) is 0. The van der Waals surface area contributed by atoms with Crippen molar-refractivity contribution in [1.29, 1.82) is 0 Å². The molecular formula is C4H3BrF4. The third-order valence-electron chi connectivity index (χ3n) is 0.568. The van der Waals surface area contributed by atoms with Crippen molar-refractivity contribution in [1.82, 2.24) is 0 Å². The van der Waals surface area contributed by atoms with E-state index in [9.17, 15) is 17.6 Å². The van der Waals surface area contributed by atoms with Crippen LogP contribution in [0.3, 0.4) is 0 Å². The predicted octanol–water partition coefficient (Wildman–Crippen LogP) is 2.80. The molecule has 0 amide bonds. The van der Waals surface area contributed by atoms with Gasteiger partial charge in [0.15, 0.2) is 5.83 Å². The predicted molar refractivity (Wildman–Crippen MR) is 29.0 cm³/mol. The molecule has 54 valence electrons. The molecule has 0 saturated heterocycles. The van der Waals surface area contributed by atoms with Gasteiger partial charge in [0.2, 0.25) is 0 Å². The minimum absolute atomic E-state index is 0.511. The monoisotopic (exact) mass is 206 g/mol. The molecule has 0 fully saturated rings. The summed E-state index contributed by atoms with van der Waals surface area (Å²) in [6.07, 6.45) is -3.34. The highest BCUT2D eigenvalue weighted by atomic mass is 79.9. The third-order valence-corrected chi connectivity index (χ3v) is 1.06. The van der Waals surface area contributed by atoms with Gasteiger partial charge < -0.3 is 0 Å². The van der Waals surface area contributed by atoms with Crippen molar-refractivity contribution in [2.24, 2.45) is 0 Å². The number of allylic oxidation sites excluding steroid dienone is 2. The molecule has 0 aliphatic carbocycles. The van der Waals surface area contributed by atoms with E-state index >= 15 is 0 Å². The van der Waals surface area contributed by atoms with Crippen LogP contribution >= 0.6 is 15.9 Å². The Balaban J connectivity index is 4.10. The molecule has 0 heterocycles. The Labute approximate surface area is 57.7 Å². The Kier molecular flexibility index (Phi) is 3.84. The zero-order chi connectivity index (χ0) is 7.44. The molecule has 0 unspecified atom stereocenters. The molecule has 0 nitrogen and oxygen atoms in total. The molecule has 0 aromatic rings. The zero-order valence-corrected chi connectivity index (χ0v) is 5.76. The molecule has 0 rings (SSSR count). The molecule has 0 aromatic heterocycles. The van der Waals surface area contributed by atoms with Gasteiger partial charge in [0, 0.05) is 0 Å². The first kappa shape index (κ1) is 8.94. The summed E-state index contributed by atoms with van der Waals surface area (Å²) in [6, 6.07) is 0. The van der Waals surface area contributed by atoms with E-state index < -0.39 is 23.4 Å². The minimum Gasteiger partial charge on any atom is -0.208 e. The highest BCUT2D eigenvalue weighted by molar-refractivity contribution is 9.09. The topological polar surface area (TPSA) is 0 Å². The molecule has 0 spiro atoms. The van der Waals surface area contributed by atoms with Gasteiger partial charge >= 0.3 is 0 Å². The molecule has 9 heavy (non-hydrogen) atoms. The lowest BCUT2D eigenvalue weighted by Crippen LogP contribution is -1.93. The van der Waals surface area contributed by atoms with Gasteiger partial charge in [0.25, 0.3) is 6.43 Å². The number of hydrogen-bond acceptors (Lipinski definition) is 0. The Hall–Kier alpha value is -0.0600. The van der Waals surface area contributed by atoms with Crippen molar-refractivity contribution in [3.63, 3.8) is 0 Å². The van der Waals surface area contributed by atoms with E-state index in [0.29, 0.717) is 0 Å². The molecule has 0 aliphatic heterocycles. The fraction of sp³-hybridized carbons (Fsp3) is 0.500. The van der Waals surface area contributed by atoms with E-state index in [2.05, 4.69) is 15.9 Å². The zero-order valence-electron chi connectivity index (χ0n) is 4.17. The van der Waals surface area contributed by atoms with Crippen molar-refractivity contribution in [2.75, 3.05) is 5.33 Å². The number of alkyl halides is 3. The second kappa shape index (κ2) is 3.87. The second-order valence-corrected chi connectivity index (χ2v) is 1.75. The summed E-state index contributed by atoms with van der Waals surface area (Å²) in [5.41, 5.74) is 0. The lowest BCUT2D eigenvalue weighted by Gasteiger charge is -1.93. The van der Waals surface area contributed by atoms with Gasteiger partial charge in [-0.25, -0.2) is 17.6 Å². The fourth-order valence-corrected chi connectivity index (χ4v) is 0.450. The average molecular weight is 207 g/mol. The Morgan fingerprint density at radius 2 is 1.78 bits per heavy atom. The summed E-state index contributed by atoms with van der Waals surface area (Å²) in [5.74, 6) is -3.45. The van der Waals surface area contributed by atoms with E-state index in [1.165, 1.54) is 0 Å². The molecule has 5 heteroatoms. The van der Waals surface area contributed by atoms with Crippen LogP contribution in [0.4, 0.5) is 17.6 Å². The number of halogens is 5. The van der Waals surface area contributed by atoms with Gasteiger partial charge in [-0.2, -0.15) is 0 Å². The third kappa shape index (κ3) is 2.84. The molecule has 0 aliphatic rings. The maximum Gasteiger partial charge on any atom is 0.292 e. The molecule has 0 atom stereocenters. The van der Waals surface area contributed by atoms with Crippen molar-refractivity contribution in [3.05, 3.63) is 11.7 Å². The van der Waals surface area contributed by atoms with Crippen LogP contribution in [0.1, 0.15) is 0 Å². The first-order valence-electron chi connectivity index (χ1n) is 1.97. The standard InChI is InChI=1S/C4H3BrF4/c5-1-2(6)3(7)4(8)9/h4H,1H2. The Bertz CT molecular complexity index is 120. The Morgan fingerprint density at radius 1 is 1.33 bits per heavy atom. The van der Waals surface area contributed by atoms with Gasteiger partial charge in [-0.1, -0.05) is 15.9 Å². The quantitative estimate of drug-likeness (QED) is 0.482. The van der Waals surface area contributed by atoms with Crippen molar-refractivity contribution in [2.45, 2.75) is 6.43 Å². The van der Waals surface area contributed by atoms with E-state index in [0.717, 1.165) is 0 Å². The van der Waals surface area contributed by atoms with Crippen LogP contribution in [0.25, 0.3) is 0 Å². The van der Waals surface area contributed by atoms with Crippen molar-refractivity contribution >= 4 is 15.9 Å². The summed E-state index contributed by atoms with van der Waals surface area (Å²) < 4.78 is 45.7. The molecule has 0 radical (unpaired) electrons. The van der Waals surface area contributed by atoms with E-state index in [1.54, 1.807) is 0 Å². The number of rotatable bonds is 2. The maximum atomic E-state index is 11.8. The van der Waals surface area contributed by atoms with E-state index in [4.69, 9.17) is 0 Å². The van der Waals surface area contributed by atoms with Crippen LogP contribution in [0.2, 0.25) is 0 Å². The van der Waals surface area contributed by atoms with Crippen LogP contribution < -0.4 is 0 Å². The van der Waals surface area contributed by atoms with Gasteiger partial charge in [-0.05, 0) is 0 Å². The molecule has 0 saturated carbocycles. The van der Waals surface area contributed by atoms with E-state index in [-0.39, 0.29) is 0 Å². The van der Waals surface area contributed by atoms with Crippen molar-refractivity contribution in [3.8, 4) is 0 Å². The van der Waals surface area contributed by atoms with Crippen molar-refractivity contribution < 1.29 is 17.6 Å². The average Bonchev–Trinajstić information content (AvgIpc) is 1.84. The second-order valence-electron chi connectivity index (χ2n) is 1.19. The fourth-order valence-electron chi connectivity index (χ4n) is 0.182. The molecule has 0 aromatic carbocycles.